The number of benzene rings is 4. The van der Waals surface area contributed by atoms with Crippen LogP contribution in [0.3, 0.4) is 0 Å². The molecule has 0 aliphatic heterocycles. The van der Waals surface area contributed by atoms with Crippen molar-refractivity contribution in [2.45, 2.75) is 19.6 Å². The van der Waals surface area contributed by atoms with E-state index in [1.807, 2.05) is 0 Å². The molecule has 4 rings (SSSR count). The summed E-state index contributed by atoms with van der Waals surface area (Å²) in [6, 6.07) is 6.84. The molecule has 3 N–H and O–H groups in total. The topological polar surface area (TPSA) is 408 Å². The van der Waals surface area contributed by atoms with Gasteiger partial charge in [0.15, 0.2) is 37.7 Å². The average Bonchev–Trinajstić information content (AvgIpc) is 3.20. The van der Waals surface area contributed by atoms with E-state index in [0.29, 0.717) is 0 Å². The number of hydrogen-bond acceptors (Lipinski definition) is 29. The van der Waals surface area contributed by atoms with Crippen molar-refractivity contribution in [3.05, 3.63) is 42.5 Å². The number of nitrogen functional groups attached to an aromatic ring is 1. The molecule has 0 spiro atoms. The Morgan fingerprint density at radius 3 is 1.80 bits per heavy atom. The van der Waals surface area contributed by atoms with Crippen LogP contribution in [0.2, 0.25) is 0 Å². The first kappa shape index (κ1) is 65.4. The number of methoxy groups -OCH3 is 3. The van der Waals surface area contributed by atoms with Gasteiger partial charge in [0.1, 0.15) is 55.0 Å². The molecule has 0 radical (unpaired) electrons. The Bertz CT molecular complexity index is 2830. The molecule has 4 aromatic carbocycles. The van der Waals surface area contributed by atoms with E-state index in [-0.39, 0.29) is 176 Å². The summed E-state index contributed by atoms with van der Waals surface area (Å²) >= 11 is 0.221. The number of rotatable bonds is 23. The second-order valence-corrected chi connectivity index (χ2v) is 19.1. The minimum atomic E-state index is -5.49. The molecule has 0 amide bonds. The Labute approximate surface area is 472 Å². The van der Waals surface area contributed by atoms with Gasteiger partial charge in [-0.05, 0) is 35.7 Å². The molecular weight excluding hydrogens is 1050 g/mol. The second kappa shape index (κ2) is 29.1. The Morgan fingerprint density at radius 2 is 1.24 bits per heavy atom. The van der Waals surface area contributed by atoms with Crippen molar-refractivity contribution >= 4 is 104 Å². The van der Waals surface area contributed by atoms with Crippen LogP contribution in [0.1, 0.15) is 0 Å². The van der Waals surface area contributed by atoms with Crippen molar-refractivity contribution in [1.29, 1.82) is 0 Å². The van der Waals surface area contributed by atoms with E-state index in [9.17, 15) is 58.4 Å². The number of aromatic hydroxyl groups is 1. The molecule has 37 heteroatoms. The van der Waals surface area contributed by atoms with Gasteiger partial charge < -0.3 is 44.7 Å². The monoisotopic (exact) mass is 1080 g/mol. The molecule has 0 bridgehead atoms. The summed E-state index contributed by atoms with van der Waals surface area (Å²) in [5.74, 6) is -3.19. The Morgan fingerprint density at radius 1 is 0.667 bits per heavy atom. The van der Waals surface area contributed by atoms with E-state index >= 15 is 0 Å². The van der Waals surface area contributed by atoms with Gasteiger partial charge in [-0.2, -0.15) is 4.33 Å². The third-order valence-corrected chi connectivity index (χ3v) is 13.3. The van der Waals surface area contributed by atoms with Crippen LogP contribution in [0.25, 0.3) is 10.8 Å². The van der Waals surface area contributed by atoms with Gasteiger partial charge in [0.05, 0.1) is 83.9 Å². The fraction of sp³-hybridized carbons (Fsp3) is 0.241. The zero-order chi connectivity index (χ0) is 46.0. The number of azo groups is 2. The van der Waals surface area contributed by atoms with Crippen molar-refractivity contribution in [3.63, 3.8) is 0 Å². The average molecular weight is 1080 g/mol. The van der Waals surface area contributed by atoms with Gasteiger partial charge in [0, 0.05) is 12.1 Å². The molecule has 0 aliphatic rings. The summed E-state index contributed by atoms with van der Waals surface area (Å²) in [5, 5.41) is 53.6. The molecule has 0 atom stereocenters. The maximum Gasteiger partial charge on any atom is 1.00 e. The summed E-state index contributed by atoms with van der Waals surface area (Å²) < 4.78 is 154. The first-order valence-electron chi connectivity index (χ1n) is 15.9. The third kappa shape index (κ3) is 17.6. The smallest absolute Gasteiger partial charge is 0.744 e. The van der Waals surface area contributed by atoms with Crippen LogP contribution in [0.4, 0.5) is 28.4 Å². The van der Waals surface area contributed by atoms with Crippen LogP contribution in [0.5, 0.6) is 23.0 Å². The van der Waals surface area contributed by atoms with Crippen molar-refractivity contribution in [1.82, 2.24) is 0 Å². The van der Waals surface area contributed by atoms with E-state index < -0.39 is 113 Å². The molecule has 0 aliphatic carbocycles. The minimum Gasteiger partial charge on any atom is -0.744 e. The molecule has 0 fully saturated rings. The molecule has 0 unspecified atom stereocenters. The normalized spacial score (nSPS) is 12.0. The van der Waals surface area contributed by atoms with E-state index in [0.717, 1.165) is 63.8 Å². The molecule has 4 aromatic rings. The molecule has 0 aromatic heterocycles. The predicted octanol–water partition coefficient (Wildman–Crippen LogP) is -10.0. The van der Waals surface area contributed by atoms with Gasteiger partial charge >= 0.3 is 118 Å². The SMILES string of the molecule is COc1ccc(S(=O)(=O)CCOS(=O)(=O)[O-])cc1N=Nc1c(S(=O)(=O)[O-])cc2cc(SOO[O-])c(N=Nc3cc(OC)c(S(=O)(=O)CCOSOO[O-])cc3OC)c(O)c2c1N.[Na+].[Na+].[Na+].[Na+]. The van der Waals surface area contributed by atoms with Crippen LogP contribution < -0.4 is 149 Å². The molecule has 0 heterocycles. The summed E-state index contributed by atoms with van der Waals surface area (Å²) in [5.41, 5.74) is 3.53. The zero-order valence-corrected chi connectivity index (χ0v) is 48.1. The first-order valence-corrected chi connectivity index (χ1v) is 23.4. The van der Waals surface area contributed by atoms with Crippen molar-refractivity contribution < 1.29 is 218 Å². The van der Waals surface area contributed by atoms with Gasteiger partial charge in [-0.15, -0.1) is 24.8 Å². The van der Waals surface area contributed by atoms with Crippen LogP contribution >= 0.6 is 24.4 Å². The molecule has 27 nitrogen and oxygen atoms in total. The number of nitrogens with two attached hydrogens (primary N) is 1. The maximum absolute atomic E-state index is 13.1. The number of phenols is 1. The summed E-state index contributed by atoms with van der Waals surface area (Å²) in [6.45, 7) is -1.51. The number of nitrogens with zero attached hydrogens (tertiary/aromatic N) is 4. The van der Waals surface area contributed by atoms with Gasteiger partial charge in [0.2, 0.25) is 10.4 Å². The van der Waals surface area contributed by atoms with Gasteiger partial charge in [0.25, 0.3) is 0 Å². The summed E-state index contributed by atoms with van der Waals surface area (Å²) in [4.78, 5) is -2.34. The largest absolute Gasteiger partial charge is 1.00 e. The molecule has 66 heavy (non-hydrogen) atoms. The van der Waals surface area contributed by atoms with Crippen LogP contribution in [0, 0.1) is 0 Å². The minimum absolute atomic E-state index is 0. The maximum atomic E-state index is 13.1. The predicted molar refractivity (Wildman–Crippen MR) is 202 cm³/mol. The molecule has 0 saturated carbocycles. The van der Waals surface area contributed by atoms with E-state index in [1.165, 1.54) is 0 Å². The van der Waals surface area contributed by atoms with E-state index in [1.54, 1.807) is 0 Å². The van der Waals surface area contributed by atoms with Crippen LogP contribution in [-0.4, -0.2) is 93.9 Å². The first-order chi connectivity index (χ1) is 29.1. The molecule has 0 saturated heterocycles. The van der Waals surface area contributed by atoms with Crippen molar-refractivity contribution in [2.24, 2.45) is 20.5 Å². The van der Waals surface area contributed by atoms with Crippen LogP contribution in [-0.2, 0) is 67.3 Å². The van der Waals surface area contributed by atoms with Crippen molar-refractivity contribution in [2.75, 3.05) is 51.8 Å². The van der Waals surface area contributed by atoms with E-state index in [2.05, 4.69) is 43.4 Å². The number of phenolic OH excluding ortho intramolecular Hbond substituents is 1. The number of anilines is 1. The molecular formula is C29H27N5Na4O22S6. The van der Waals surface area contributed by atoms with Gasteiger partial charge in [-0.25, -0.2) is 33.7 Å². The number of hydrogen-bond donors (Lipinski definition) is 2. The fourth-order valence-corrected chi connectivity index (χ4v) is 9.25. The number of ether oxygens (including phenoxy) is 3. The Balaban J connectivity index is 0.0000106. The number of fused-ring (bicyclic) bond motifs is 1. The fourth-order valence-electron chi connectivity index (χ4n) is 5.02. The van der Waals surface area contributed by atoms with Crippen LogP contribution in [0.15, 0.2) is 82.5 Å². The second-order valence-electron chi connectivity index (χ2n) is 11.3. The summed E-state index contributed by atoms with van der Waals surface area (Å²) in [7, 11) is -15.8. The van der Waals surface area contributed by atoms with Gasteiger partial charge in [-0.1, -0.05) is 0 Å². The van der Waals surface area contributed by atoms with Gasteiger partial charge in [-0.3, -0.25) is 18.4 Å². The van der Waals surface area contributed by atoms with E-state index in [4.69, 9.17) is 24.1 Å². The zero-order valence-electron chi connectivity index (χ0n) is 35.2. The quantitative estimate of drug-likeness (QED) is 0.00801. The Kier molecular flexibility index (Phi) is 28.8. The third-order valence-electron chi connectivity index (χ3n) is 7.68. The number of sulfone groups is 2. The Hall–Kier alpha value is -0.560. The molecule has 340 valence electrons. The van der Waals surface area contributed by atoms with Crippen molar-refractivity contribution in [3.8, 4) is 23.0 Å². The standard InChI is InChI=1S/C29H31N5O22S6.4Na/c1-48-19-5-4-16(59(38,39)9-7-52-62(45,46)47)12-17(19)31-34-28-24(61(42,43)44)11-15-10-22(57-55-53-36)27(29(35)25(15)26(28)30)33-32-18-13-21(50-3)23(14-20(18)49-2)60(40,41)8-6-51-58-56-54-37;;;;/h4-5,10-14,35-37H,6-9,30H2,1-3H3,(H,42,43,44)(H,45,46,47);;;;/q;4*+1/p-4. The summed E-state index contributed by atoms with van der Waals surface area (Å²) in [6.07, 6.45) is 0.